The molecule has 0 bridgehead atoms. The molecule has 1 fully saturated rings. The molecule has 19 heavy (non-hydrogen) atoms. The first kappa shape index (κ1) is 12.2. The van der Waals surface area contributed by atoms with Crippen LogP contribution in [0.3, 0.4) is 0 Å². The number of nitrogens with zero attached hydrogens (tertiary/aromatic N) is 1. The van der Waals surface area contributed by atoms with Gasteiger partial charge < -0.3 is 9.97 Å². The molecule has 3 rings (SSSR count). The zero-order chi connectivity index (χ0) is 13.5. The molecule has 0 aromatic carbocycles. The highest BCUT2D eigenvalue weighted by Gasteiger charge is 2.26. The molecule has 2 heterocycles. The molecular formula is C15H19N3O. The van der Waals surface area contributed by atoms with Crippen molar-refractivity contribution >= 4 is 17.1 Å². The van der Waals surface area contributed by atoms with E-state index < -0.39 is 0 Å². The number of fused-ring (bicyclic) bond motifs is 1. The normalized spacial score (nSPS) is 21.1. The number of H-pyrrole nitrogens is 2. The largest absolute Gasteiger partial charge is 0.323 e. The molecule has 4 nitrogen and oxygen atoms in total. The number of hydrogen-bond donors (Lipinski definition) is 2. The van der Waals surface area contributed by atoms with E-state index in [1.165, 1.54) is 24.8 Å². The lowest BCUT2D eigenvalue weighted by Crippen LogP contribution is -2.18. The maximum atomic E-state index is 11.4. The van der Waals surface area contributed by atoms with Crippen molar-refractivity contribution in [2.75, 3.05) is 0 Å². The Morgan fingerprint density at radius 1 is 1.26 bits per heavy atom. The quantitative estimate of drug-likeness (QED) is 0.823. The van der Waals surface area contributed by atoms with Gasteiger partial charge in [-0.1, -0.05) is 31.9 Å². The van der Waals surface area contributed by atoms with Crippen LogP contribution in [-0.2, 0) is 0 Å². The van der Waals surface area contributed by atoms with E-state index >= 15 is 0 Å². The summed E-state index contributed by atoms with van der Waals surface area (Å²) in [4.78, 5) is 21.2. The van der Waals surface area contributed by atoms with E-state index in [-0.39, 0.29) is 11.1 Å². The average Bonchev–Trinajstić information content (AvgIpc) is 2.73. The summed E-state index contributed by atoms with van der Waals surface area (Å²) in [6, 6.07) is 0. The molecule has 100 valence electrons. The highest BCUT2D eigenvalue weighted by Crippen LogP contribution is 2.41. The van der Waals surface area contributed by atoms with Crippen LogP contribution < -0.4 is 5.69 Å². The summed E-state index contributed by atoms with van der Waals surface area (Å²) in [6.45, 7) is 4.59. The van der Waals surface area contributed by atoms with Crippen LogP contribution in [0.5, 0.6) is 0 Å². The summed E-state index contributed by atoms with van der Waals surface area (Å²) in [5, 5.41) is 0. The number of aromatic amines is 2. The Morgan fingerprint density at radius 3 is 2.89 bits per heavy atom. The average molecular weight is 257 g/mol. The van der Waals surface area contributed by atoms with Crippen molar-refractivity contribution in [3.05, 3.63) is 34.0 Å². The van der Waals surface area contributed by atoms with Crippen LogP contribution in [0.4, 0.5) is 0 Å². The van der Waals surface area contributed by atoms with Crippen LogP contribution >= 0.6 is 0 Å². The smallest absolute Gasteiger partial charge is 0.305 e. The van der Waals surface area contributed by atoms with Crippen LogP contribution in [0.15, 0.2) is 22.8 Å². The van der Waals surface area contributed by atoms with Gasteiger partial charge in [-0.05, 0) is 24.7 Å². The van der Waals surface area contributed by atoms with Crippen molar-refractivity contribution in [1.82, 2.24) is 15.0 Å². The molecule has 1 aliphatic carbocycles. The Balaban J connectivity index is 2.12. The summed E-state index contributed by atoms with van der Waals surface area (Å²) in [5.41, 5.74) is 4.15. The van der Waals surface area contributed by atoms with Crippen LogP contribution in [0, 0.1) is 5.41 Å². The zero-order valence-electron chi connectivity index (χ0n) is 11.4. The summed E-state index contributed by atoms with van der Waals surface area (Å²) in [5.74, 6) is 0. The van der Waals surface area contributed by atoms with Gasteiger partial charge in [0, 0.05) is 11.8 Å². The van der Waals surface area contributed by atoms with Crippen molar-refractivity contribution < 1.29 is 0 Å². The second-order valence-corrected chi connectivity index (χ2v) is 5.99. The number of hydrogen-bond acceptors (Lipinski definition) is 2. The fraction of sp³-hybridized carbons (Fsp3) is 0.467. The Labute approximate surface area is 112 Å². The monoisotopic (exact) mass is 257 g/mol. The number of rotatable bonds is 1. The van der Waals surface area contributed by atoms with Crippen LogP contribution in [-0.4, -0.2) is 15.0 Å². The van der Waals surface area contributed by atoms with Crippen molar-refractivity contribution in [2.45, 2.75) is 39.5 Å². The Hall–Kier alpha value is -1.84. The number of allylic oxidation sites excluding steroid dienone is 1. The number of pyridine rings is 1. The Kier molecular flexibility index (Phi) is 2.81. The second kappa shape index (κ2) is 4.37. The van der Waals surface area contributed by atoms with Crippen LogP contribution in [0.1, 0.15) is 45.1 Å². The molecule has 2 N–H and O–H groups in total. The van der Waals surface area contributed by atoms with Crippen molar-refractivity contribution in [2.24, 2.45) is 5.41 Å². The molecule has 1 aliphatic rings. The molecule has 0 saturated heterocycles. The highest BCUT2D eigenvalue weighted by molar-refractivity contribution is 5.83. The standard InChI is InChI=1S/C15H19N3O/c1-15(2)6-4-3-5-11(15)7-10-8-16-9-12-13(10)18-14(19)17-12/h7-9H,3-6H2,1-2H3,(H2,17,18,19)/b11-7+. The van der Waals surface area contributed by atoms with E-state index in [0.717, 1.165) is 23.0 Å². The van der Waals surface area contributed by atoms with Gasteiger partial charge in [-0.15, -0.1) is 0 Å². The third-order valence-corrected chi connectivity index (χ3v) is 4.16. The van der Waals surface area contributed by atoms with Gasteiger partial charge in [-0.3, -0.25) is 4.98 Å². The molecule has 0 unspecified atom stereocenters. The molecule has 0 amide bonds. The van der Waals surface area contributed by atoms with Crippen LogP contribution in [0.25, 0.3) is 17.1 Å². The minimum atomic E-state index is -0.175. The third kappa shape index (κ3) is 2.23. The first-order valence-electron chi connectivity index (χ1n) is 6.83. The minimum Gasteiger partial charge on any atom is -0.305 e. The summed E-state index contributed by atoms with van der Waals surface area (Å²) >= 11 is 0. The zero-order valence-corrected chi connectivity index (χ0v) is 11.4. The number of nitrogens with one attached hydrogen (secondary N) is 2. The van der Waals surface area contributed by atoms with Crippen molar-refractivity contribution in [1.29, 1.82) is 0 Å². The SMILES string of the molecule is CC1(C)CCCC/C1=C\c1cncc2[nH]c(=O)[nH]c12. The van der Waals surface area contributed by atoms with Gasteiger partial charge in [0.25, 0.3) is 0 Å². The first-order chi connectivity index (χ1) is 9.06. The predicted molar refractivity (Wildman–Crippen MR) is 76.9 cm³/mol. The molecule has 4 heteroatoms. The van der Waals surface area contributed by atoms with E-state index in [0.29, 0.717) is 0 Å². The lowest BCUT2D eigenvalue weighted by Gasteiger charge is -2.33. The van der Waals surface area contributed by atoms with Crippen molar-refractivity contribution in [3.8, 4) is 0 Å². The van der Waals surface area contributed by atoms with E-state index in [4.69, 9.17) is 0 Å². The first-order valence-corrected chi connectivity index (χ1v) is 6.83. The molecule has 2 aromatic rings. The van der Waals surface area contributed by atoms with Crippen LogP contribution in [0.2, 0.25) is 0 Å². The van der Waals surface area contributed by atoms with E-state index in [9.17, 15) is 4.79 Å². The Morgan fingerprint density at radius 2 is 2.11 bits per heavy atom. The summed E-state index contributed by atoms with van der Waals surface area (Å²) in [7, 11) is 0. The van der Waals surface area contributed by atoms with Gasteiger partial charge in [0.05, 0.1) is 17.2 Å². The van der Waals surface area contributed by atoms with E-state index in [1.54, 1.807) is 6.20 Å². The minimum absolute atomic E-state index is 0.175. The molecule has 0 aliphatic heterocycles. The predicted octanol–water partition coefficient (Wildman–Crippen LogP) is 3.23. The number of imidazole rings is 1. The maximum absolute atomic E-state index is 11.4. The lowest BCUT2D eigenvalue weighted by molar-refractivity contribution is 0.339. The molecule has 0 atom stereocenters. The van der Waals surface area contributed by atoms with Crippen molar-refractivity contribution in [3.63, 3.8) is 0 Å². The van der Waals surface area contributed by atoms with Gasteiger partial charge in [0.2, 0.25) is 0 Å². The van der Waals surface area contributed by atoms with Gasteiger partial charge in [-0.25, -0.2) is 4.79 Å². The highest BCUT2D eigenvalue weighted by atomic mass is 16.1. The van der Waals surface area contributed by atoms with Gasteiger partial charge in [0.15, 0.2) is 0 Å². The molecule has 0 spiro atoms. The topological polar surface area (TPSA) is 61.5 Å². The van der Waals surface area contributed by atoms with Gasteiger partial charge in [-0.2, -0.15) is 0 Å². The fourth-order valence-corrected chi connectivity index (χ4v) is 2.92. The summed E-state index contributed by atoms with van der Waals surface area (Å²) in [6.07, 6.45) is 10.6. The molecule has 2 aromatic heterocycles. The Bertz CT molecular complexity index is 691. The van der Waals surface area contributed by atoms with Gasteiger partial charge in [0.1, 0.15) is 0 Å². The van der Waals surface area contributed by atoms with Gasteiger partial charge >= 0.3 is 5.69 Å². The van der Waals surface area contributed by atoms with E-state index in [2.05, 4.69) is 34.9 Å². The summed E-state index contributed by atoms with van der Waals surface area (Å²) < 4.78 is 0. The number of aromatic nitrogens is 3. The second-order valence-electron chi connectivity index (χ2n) is 5.99. The maximum Gasteiger partial charge on any atom is 0.323 e. The fourth-order valence-electron chi connectivity index (χ4n) is 2.92. The molecule has 1 saturated carbocycles. The van der Waals surface area contributed by atoms with E-state index in [1.807, 2.05) is 6.20 Å². The molecule has 0 radical (unpaired) electrons. The lowest BCUT2D eigenvalue weighted by atomic mass is 9.73. The third-order valence-electron chi connectivity index (χ3n) is 4.16. The molecular weight excluding hydrogens is 238 g/mol.